The number of rotatable bonds is 4. The summed E-state index contributed by atoms with van der Waals surface area (Å²) >= 11 is 6.15. The van der Waals surface area contributed by atoms with E-state index in [0.717, 1.165) is 34.9 Å². The third kappa shape index (κ3) is 2.85. The molecule has 3 rings (SSSR count). The fourth-order valence-corrected chi connectivity index (χ4v) is 2.74. The molecule has 0 radical (unpaired) electrons. The SMILES string of the molecule is CNCC1COc2cccc(-c3cc(Cl)ccc3OC)c2O1. The standard InChI is InChI=1S/C17H18ClNO3/c1-19-9-12-10-21-16-5-3-4-13(17(16)22-12)14-8-11(18)6-7-15(14)20-2/h3-8,12,19H,9-10H2,1-2H3. The lowest BCUT2D eigenvalue weighted by molar-refractivity contribution is 0.0926. The molecule has 0 fully saturated rings. The lowest BCUT2D eigenvalue weighted by Crippen LogP contribution is -2.37. The van der Waals surface area contributed by atoms with E-state index in [9.17, 15) is 0 Å². The summed E-state index contributed by atoms with van der Waals surface area (Å²) in [5, 5.41) is 3.76. The zero-order chi connectivity index (χ0) is 15.5. The minimum atomic E-state index is -0.0242. The minimum absolute atomic E-state index is 0.0242. The maximum atomic E-state index is 6.15. The fraction of sp³-hybridized carbons (Fsp3) is 0.294. The molecule has 0 saturated heterocycles. The zero-order valence-corrected chi connectivity index (χ0v) is 13.3. The van der Waals surface area contributed by atoms with Crippen molar-refractivity contribution in [1.29, 1.82) is 0 Å². The van der Waals surface area contributed by atoms with E-state index in [0.29, 0.717) is 11.6 Å². The molecule has 116 valence electrons. The first-order valence-corrected chi connectivity index (χ1v) is 7.51. The second kappa shape index (κ2) is 6.46. The molecule has 1 N–H and O–H groups in total. The number of fused-ring (bicyclic) bond motifs is 1. The monoisotopic (exact) mass is 319 g/mol. The van der Waals surface area contributed by atoms with Crippen LogP contribution >= 0.6 is 11.6 Å². The molecule has 1 aliphatic heterocycles. The Bertz CT molecular complexity index is 675. The summed E-state index contributed by atoms with van der Waals surface area (Å²) < 4.78 is 17.4. The summed E-state index contributed by atoms with van der Waals surface area (Å²) in [6, 6.07) is 11.4. The molecule has 0 spiro atoms. The highest BCUT2D eigenvalue weighted by molar-refractivity contribution is 6.31. The smallest absolute Gasteiger partial charge is 0.169 e. The first kappa shape index (κ1) is 15.0. The third-order valence-corrected chi connectivity index (χ3v) is 3.81. The van der Waals surface area contributed by atoms with E-state index in [2.05, 4.69) is 5.32 Å². The normalized spacial score (nSPS) is 16.4. The van der Waals surface area contributed by atoms with Gasteiger partial charge in [0, 0.05) is 22.7 Å². The van der Waals surface area contributed by atoms with Crippen LogP contribution in [0.3, 0.4) is 0 Å². The van der Waals surface area contributed by atoms with Gasteiger partial charge in [-0.1, -0.05) is 23.7 Å². The van der Waals surface area contributed by atoms with Crippen LogP contribution in [-0.2, 0) is 0 Å². The molecule has 1 aliphatic rings. The van der Waals surface area contributed by atoms with Crippen LogP contribution in [-0.4, -0.2) is 33.4 Å². The quantitative estimate of drug-likeness (QED) is 0.938. The lowest BCUT2D eigenvalue weighted by Gasteiger charge is -2.28. The van der Waals surface area contributed by atoms with Crippen LogP contribution in [0.15, 0.2) is 36.4 Å². The summed E-state index contributed by atoms with van der Waals surface area (Å²) in [4.78, 5) is 0. The Kier molecular flexibility index (Phi) is 4.41. The van der Waals surface area contributed by atoms with Gasteiger partial charge in [-0.05, 0) is 31.3 Å². The molecular formula is C17H18ClNO3. The van der Waals surface area contributed by atoms with Gasteiger partial charge in [-0.3, -0.25) is 0 Å². The average Bonchev–Trinajstić information content (AvgIpc) is 2.54. The molecule has 0 aliphatic carbocycles. The van der Waals surface area contributed by atoms with Crippen LogP contribution in [0.4, 0.5) is 0 Å². The Labute approximate surface area is 135 Å². The molecule has 22 heavy (non-hydrogen) atoms. The predicted molar refractivity (Wildman–Crippen MR) is 87.3 cm³/mol. The van der Waals surface area contributed by atoms with E-state index in [1.165, 1.54) is 0 Å². The van der Waals surface area contributed by atoms with Crippen molar-refractivity contribution < 1.29 is 14.2 Å². The highest BCUT2D eigenvalue weighted by atomic mass is 35.5. The van der Waals surface area contributed by atoms with Crippen molar-refractivity contribution >= 4 is 11.6 Å². The number of methoxy groups -OCH3 is 1. The van der Waals surface area contributed by atoms with Gasteiger partial charge in [-0.25, -0.2) is 0 Å². The molecule has 2 aromatic carbocycles. The minimum Gasteiger partial charge on any atom is -0.496 e. The Morgan fingerprint density at radius 3 is 2.91 bits per heavy atom. The third-order valence-electron chi connectivity index (χ3n) is 3.57. The molecule has 0 bridgehead atoms. The maximum absolute atomic E-state index is 6.15. The van der Waals surface area contributed by atoms with Gasteiger partial charge >= 0.3 is 0 Å². The van der Waals surface area contributed by atoms with E-state index in [1.807, 2.05) is 37.4 Å². The van der Waals surface area contributed by atoms with Gasteiger partial charge in [-0.15, -0.1) is 0 Å². The number of hydrogen-bond donors (Lipinski definition) is 1. The number of hydrogen-bond acceptors (Lipinski definition) is 4. The number of halogens is 1. The Morgan fingerprint density at radius 2 is 2.14 bits per heavy atom. The maximum Gasteiger partial charge on any atom is 0.169 e. The molecule has 0 saturated carbocycles. The fourth-order valence-electron chi connectivity index (χ4n) is 2.57. The summed E-state index contributed by atoms with van der Waals surface area (Å²) in [6.45, 7) is 1.25. The van der Waals surface area contributed by atoms with Crippen LogP contribution in [0.1, 0.15) is 0 Å². The van der Waals surface area contributed by atoms with Crippen molar-refractivity contribution in [3.63, 3.8) is 0 Å². The largest absolute Gasteiger partial charge is 0.496 e. The van der Waals surface area contributed by atoms with Crippen molar-refractivity contribution in [3.05, 3.63) is 41.4 Å². The molecule has 1 atom stereocenters. The van der Waals surface area contributed by atoms with E-state index in [4.69, 9.17) is 25.8 Å². The first-order chi connectivity index (χ1) is 10.7. The van der Waals surface area contributed by atoms with Crippen LogP contribution in [0.5, 0.6) is 17.2 Å². The highest BCUT2D eigenvalue weighted by Gasteiger charge is 2.24. The van der Waals surface area contributed by atoms with E-state index in [1.54, 1.807) is 13.2 Å². The van der Waals surface area contributed by atoms with Gasteiger partial charge < -0.3 is 19.5 Å². The van der Waals surface area contributed by atoms with Gasteiger partial charge in [-0.2, -0.15) is 0 Å². The van der Waals surface area contributed by atoms with Gasteiger partial charge in [0.2, 0.25) is 0 Å². The number of para-hydroxylation sites is 1. The Balaban J connectivity index is 2.08. The predicted octanol–water partition coefficient (Wildman–Crippen LogP) is 3.37. The number of likely N-dealkylation sites (N-methyl/N-ethyl adjacent to an activating group) is 1. The number of ether oxygens (including phenoxy) is 3. The van der Waals surface area contributed by atoms with Crippen molar-refractivity contribution in [2.75, 3.05) is 27.3 Å². The summed E-state index contributed by atoms with van der Waals surface area (Å²) in [5.74, 6) is 2.22. The Morgan fingerprint density at radius 1 is 1.27 bits per heavy atom. The molecular weight excluding hydrogens is 302 g/mol. The van der Waals surface area contributed by atoms with E-state index in [-0.39, 0.29) is 6.10 Å². The molecule has 0 amide bonds. The van der Waals surface area contributed by atoms with Crippen molar-refractivity contribution in [1.82, 2.24) is 5.32 Å². The second-order valence-electron chi connectivity index (χ2n) is 5.09. The van der Waals surface area contributed by atoms with Gasteiger partial charge in [0.1, 0.15) is 18.5 Å². The van der Waals surface area contributed by atoms with Crippen LogP contribution < -0.4 is 19.5 Å². The van der Waals surface area contributed by atoms with Crippen LogP contribution in [0.2, 0.25) is 5.02 Å². The number of nitrogens with one attached hydrogen (secondary N) is 1. The summed E-state index contributed by atoms with van der Waals surface area (Å²) in [5.41, 5.74) is 1.80. The van der Waals surface area contributed by atoms with Gasteiger partial charge in [0.25, 0.3) is 0 Å². The second-order valence-corrected chi connectivity index (χ2v) is 5.52. The summed E-state index contributed by atoms with van der Waals surface area (Å²) in [6.07, 6.45) is -0.0242. The number of benzene rings is 2. The first-order valence-electron chi connectivity index (χ1n) is 7.14. The van der Waals surface area contributed by atoms with Crippen molar-refractivity contribution in [2.45, 2.75) is 6.10 Å². The van der Waals surface area contributed by atoms with Crippen molar-refractivity contribution in [2.24, 2.45) is 0 Å². The summed E-state index contributed by atoms with van der Waals surface area (Å²) in [7, 11) is 3.54. The molecule has 2 aromatic rings. The van der Waals surface area contributed by atoms with Gasteiger partial charge in [0.15, 0.2) is 11.5 Å². The van der Waals surface area contributed by atoms with Gasteiger partial charge in [0.05, 0.1) is 7.11 Å². The molecule has 0 aromatic heterocycles. The highest BCUT2D eigenvalue weighted by Crippen LogP contribution is 2.44. The molecule has 4 nitrogen and oxygen atoms in total. The molecule has 1 heterocycles. The molecule has 5 heteroatoms. The topological polar surface area (TPSA) is 39.7 Å². The lowest BCUT2D eigenvalue weighted by atomic mass is 10.0. The van der Waals surface area contributed by atoms with E-state index < -0.39 is 0 Å². The molecule has 1 unspecified atom stereocenters. The van der Waals surface area contributed by atoms with Crippen molar-refractivity contribution in [3.8, 4) is 28.4 Å². The van der Waals surface area contributed by atoms with E-state index >= 15 is 0 Å². The van der Waals surface area contributed by atoms with Crippen LogP contribution in [0, 0.1) is 0 Å². The Hall–Kier alpha value is -1.91. The van der Waals surface area contributed by atoms with Crippen LogP contribution in [0.25, 0.3) is 11.1 Å². The average molecular weight is 320 g/mol. The zero-order valence-electron chi connectivity index (χ0n) is 12.6.